The van der Waals surface area contributed by atoms with Gasteiger partial charge in [-0.3, -0.25) is 4.99 Å². The minimum Gasteiger partial charge on any atom is -0.384 e. The highest BCUT2D eigenvalue weighted by atomic mass is 19.1. The number of nitrogens with zero attached hydrogens (tertiary/aromatic N) is 1. The predicted molar refractivity (Wildman–Crippen MR) is 68.5 cm³/mol. The zero-order valence-corrected chi connectivity index (χ0v) is 10.8. The van der Waals surface area contributed by atoms with E-state index in [1.54, 1.807) is 7.05 Å². The lowest BCUT2D eigenvalue weighted by Crippen LogP contribution is -2.15. The smallest absolute Gasteiger partial charge is 0.127 e. The second-order valence-electron chi connectivity index (χ2n) is 3.22. The maximum Gasteiger partial charge on any atom is 0.127 e. The number of rotatable bonds is 2. The minimum absolute atomic E-state index is 0.209. The third kappa shape index (κ3) is 3.33. The normalized spacial score (nSPS) is 10.8. The molecule has 0 spiro atoms. The molecule has 16 heavy (non-hydrogen) atoms. The molecule has 3 heteroatoms. The molecule has 2 N–H and O–H groups in total. The van der Waals surface area contributed by atoms with Gasteiger partial charge in [-0.15, -0.1) is 0 Å². The zero-order valence-electron chi connectivity index (χ0n) is 10.8. The van der Waals surface area contributed by atoms with Crippen molar-refractivity contribution in [2.24, 2.45) is 10.7 Å². The molecular formula is C13H21FN2. The Balaban J connectivity index is 0.00000106. The first-order chi connectivity index (χ1) is 7.60. The summed E-state index contributed by atoms with van der Waals surface area (Å²) in [5.41, 5.74) is 8.00. The van der Waals surface area contributed by atoms with Crippen LogP contribution >= 0.6 is 0 Å². The van der Waals surface area contributed by atoms with E-state index in [1.807, 2.05) is 33.8 Å². The van der Waals surface area contributed by atoms with Gasteiger partial charge in [-0.1, -0.05) is 26.8 Å². The Morgan fingerprint density at radius 3 is 2.38 bits per heavy atom. The third-order valence-electron chi connectivity index (χ3n) is 2.29. The molecule has 0 bridgehead atoms. The summed E-state index contributed by atoms with van der Waals surface area (Å²) in [6.45, 7) is 7.83. The number of hydrogen-bond acceptors (Lipinski definition) is 1. The van der Waals surface area contributed by atoms with Crippen LogP contribution in [0.2, 0.25) is 0 Å². The first-order valence-electron chi connectivity index (χ1n) is 5.61. The molecule has 0 heterocycles. The van der Waals surface area contributed by atoms with E-state index in [2.05, 4.69) is 4.99 Å². The Bertz CT molecular complexity index is 370. The van der Waals surface area contributed by atoms with Crippen molar-refractivity contribution < 1.29 is 4.39 Å². The Morgan fingerprint density at radius 1 is 1.38 bits per heavy atom. The Morgan fingerprint density at radius 2 is 1.94 bits per heavy atom. The highest BCUT2D eigenvalue weighted by Gasteiger charge is 2.08. The van der Waals surface area contributed by atoms with Gasteiger partial charge in [0, 0.05) is 12.6 Å². The van der Waals surface area contributed by atoms with E-state index in [1.165, 1.54) is 6.07 Å². The van der Waals surface area contributed by atoms with Crippen molar-refractivity contribution in [1.82, 2.24) is 0 Å². The van der Waals surface area contributed by atoms with Gasteiger partial charge in [0.2, 0.25) is 0 Å². The van der Waals surface area contributed by atoms with E-state index in [9.17, 15) is 4.39 Å². The van der Waals surface area contributed by atoms with Crippen molar-refractivity contribution in [2.45, 2.75) is 34.1 Å². The van der Waals surface area contributed by atoms with Crippen LogP contribution in [-0.4, -0.2) is 12.9 Å². The summed E-state index contributed by atoms with van der Waals surface area (Å²) in [6, 6.07) is 3.28. The number of hydrogen-bond donors (Lipinski definition) is 1. The van der Waals surface area contributed by atoms with E-state index in [4.69, 9.17) is 5.73 Å². The lowest BCUT2D eigenvalue weighted by Gasteiger charge is -2.08. The van der Waals surface area contributed by atoms with Gasteiger partial charge in [0.25, 0.3) is 0 Å². The molecule has 0 aromatic heterocycles. The second kappa shape index (κ2) is 6.99. The maximum atomic E-state index is 13.4. The van der Waals surface area contributed by atoms with Crippen LogP contribution in [0.25, 0.3) is 0 Å². The van der Waals surface area contributed by atoms with E-state index in [0.717, 1.165) is 11.1 Å². The number of aryl methyl sites for hydroxylation is 2. The Hall–Kier alpha value is -1.38. The summed E-state index contributed by atoms with van der Waals surface area (Å²) >= 11 is 0. The molecule has 0 atom stereocenters. The summed E-state index contributed by atoms with van der Waals surface area (Å²) in [7, 11) is 1.60. The average Bonchev–Trinajstić information content (AvgIpc) is 2.33. The van der Waals surface area contributed by atoms with Crippen molar-refractivity contribution in [3.8, 4) is 0 Å². The molecule has 0 amide bonds. The molecule has 0 aliphatic rings. The molecule has 0 unspecified atom stereocenters. The van der Waals surface area contributed by atoms with Gasteiger partial charge < -0.3 is 5.73 Å². The van der Waals surface area contributed by atoms with Gasteiger partial charge in [-0.2, -0.15) is 0 Å². The second-order valence-corrected chi connectivity index (χ2v) is 3.22. The van der Waals surface area contributed by atoms with Crippen molar-refractivity contribution in [3.63, 3.8) is 0 Å². The van der Waals surface area contributed by atoms with Crippen molar-refractivity contribution in [3.05, 3.63) is 34.6 Å². The quantitative estimate of drug-likeness (QED) is 0.608. The van der Waals surface area contributed by atoms with Crippen LogP contribution < -0.4 is 5.73 Å². The highest BCUT2D eigenvalue weighted by Crippen LogP contribution is 2.15. The topological polar surface area (TPSA) is 38.4 Å². The van der Waals surface area contributed by atoms with Crippen LogP contribution in [-0.2, 0) is 6.42 Å². The Labute approximate surface area is 97.4 Å². The lowest BCUT2D eigenvalue weighted by molar-refractivity contribution is 0.611. The molecule has 0 saturated carbocycles. The zero-order chi connectivity index (χ0) is 12.7. The summed E-state index contributed by atoms with van der Waals surface area (Å²) in [5, 5.41) is 0. The summed E-state index contributed by atoms with van der Waals surface area (Å²) < 4.78 is 13.4. The molecule has 1 aromatic carbocycles. The third-order valence-corrected chi connectivity index (χ3v) is 2.29. The number of benzene rings is 1. The number of halogens is 1. The molecule has 0 fully saturated rings. The van der Waals surface area contributed by atoms with Crippen LogP contribution in [0.3, 0.4) is 0 Å². The molecule has 90 valence electrons. The lowest BCUT2D eigenvalue weighted by atomic mass is 10.0. The highest BCUT2D eigenvalue weighted by molar-refractivity contribution is 5.98. The molecule has 0 aliphatic heterocycles. The van der Waals surface area contributed by atoms with Crippen molar-refractivity contribution in [2.75, 3.05) is 7.05 Å². The van der Waals surface area contributed by atoms with Gasteiger partial charge in [0.1, 0.15) is 11.7 Å². The summed E-state index contributed by atoms with van der Waals surface area (Å²) in [6.07, 6.45) is 0.691. The summed E-state index contributed by atoms with van der Waals surface area (Å²) in [4.78, 5) is 3.84. The largest absolute Gasteiger partial charge is 0.384 e. The van der Waals surface area contributed by atoms with Gasteiger partial charge in [-0.25, -0.2) is 4.39 Å². The molecule has 0 saturated heterocycles. The Kier molecular flexibility index (Phi) is 6.38. The van der Waals surface area contributed by atoms with Gasteiger partial charge in [-0.05, 0) is 30.5 Å². The van der Waals surface area contributed by atoms with Crippen molar-refractivity contribution in [1.29, 1.82) is 0 Å². The fourth-order valence-corrected chi connectivity index (χ4v) is 1.41. The minimum atomic E-state index is -0.209. The molecular weight excluding hydrogens is 203 g/mol. The molecule has 0 radical (unpaired) electrons. The van der Waals surface area contributed by atoms with Gasteiger partial charge in [0.15, 0.2) is 0 Å². The fourth-order valence-electron chi connectivity index (χ4n) is 1.41. The number of amidine groups is 1. The SMILES string of the molecule is CC.CCc1cc(C)c(C(N)=NC)cc1F. The fraction of sp³-hybridized carbons (Fsp3) is 0.462. The van der Waals surface area contributed by atoms with E-state index >= 15 is 0 Å². The van der Waals surface area contributed by atoms with Crippen LogP contribution in [0, 0.1) is 12.7 Å². The van der Waals surface area contributed by atoms with Crippen LogP contribution in [0.15, 0.2) is 17.1 Å². The average molecular weight is 224 g/mol. The monoisotopic (exact) mass is 224 g/mol. The predicted octanol–water partition coefficient (Wildman–Crippen LogP) is 3.06. The molecule has 2 nitrogen and oxygen atoms in total. The van der Waals surface area contributed by atoms with E-state index in [-0.39, 0.29) is 5.82 Å². The van der Waals surface area contributed by atoms with Gasteiger partial charge >= 0.3 is 0 Å². The van der Waals surface area contributed by atoms with Crippen LogP contribution in [0.1, 0.15) is 37.5 Å². The van der Waals surface area contributed by atoms with Crippen LogP contribution in [0.5, 0.6) is 0 Å². The number of aliphatic imine (C=N–C) groups is 1. The maximum absolute atomic E-state index is 13.4. The summed E-state index contributed by atoms with van der Waals surface area (Å²) in [5.74, 6) is 0.170. The first kappa shape index (κ1) is 14.6. The van der Waals surface area contributed by atoms with Gasteiger partial charge in [0.05, 0.1) is 0 Å². The standard InChI is InChI=1S/C11H15FN2.C2H6/c1-4-8-5-7(2)9(6-10(8)12)11(13)14-3;1-2/h5-6H,4H2,1-3H3,(H2,13,14);1-2H3. The van der Waals surface area contributed by atoms with Crippen LogP contribution in [0.4, 0.5) is 4.39 Å². The first-order valence-corrected chi connectivity index (χ1v) is 5.61. The molecule has 1 rings (SSSR count). The van der Waals surface area contributed by atoms with Crippen molar-refractivity contribution >= 4 is 5.84 Å². The van der Waals surface area contributed by atoms with E-state index in [0.29, 0.717) is 17.8 Å². The van der Waals surface area contributed by atoms with E-state index < -0.39 is 0 Å². The number of nitrogens with two attached hydrogens (primary N) is 1. The molecule has 0 aliphatic carbocycles. The molecule has 1 aromatic rings.